The highest BCUT2D eigenvalue weighted by Crippen LogP contribution is 2.38. The van der Waals surface area contributed by atoms with E-state index in [1.807, 2.05) is 13.0 Å². The summed E-state index contributed by atoms with van der Waals surface area (Å²) in [6, 6.07) is 10.6. The van der Waals surface area contributed by atoms with E-state index in [2.05, 4.69) is 29.3 Å². The molecule has 0 bridgehead atoms. The number of hydrogen-bond acceptors (Lipinski definition) is 6. The molecular weight excluding hydrogens is 451 g/mol. The summed E-state index contributed by atoms with van der Waals surface area (Å²) >= 11 is 0. The molecule has 1 aromatic heterocycles. The zero-order valence-electron chi connectivity index (χ0n) is 20.5. The number of allylic oxidation sites excluding steroid dienone is 1. The van der Waals surface area contributed by atoms with Crippen LogP contribution in [0.15, 0.2) is 52.7 Å². The van der Waals surface area contributed by atoms with Gasteiger partial charge in [-0.3, -0.25) is 4.90 Å². The maximum atomic E-state index is 13.6. The van der Waals surface area contributed by atoms with E-state index in [9.17, 15) is 9.18 Å². The largest absolute Gasteiger partial charge is 0.493 e. The Kier molecular flexibility index (Phi) is 7.04. The summed E-state index contributed by atoms with van der Waals surface area (Å²) < 4.78 is 30.0. The Bertz CT molecular complexity index is 1240. The average Bonchev–Trinajstić information content (AvgIpc) is 3.33. The first-order chi connectivity index (χ1) is 16.8. The van der Waals surface area contributed by atoms with Gasteiger partial charge in [0, 0.05) is 17.8 Å². The lowest BCUT2D eigenvalue weighted by Gasteiger charge is -2.35. The van der Waals surface area contributed by atoms with Crippen molar-refractivity contribution in [3.63, 3.8) is 0 Å². The van der Waals surface area contributed by atoms with Crippen molar-refractivity contribution in [3.8, 4) is 22.9 Å². The number of nitrogens with zero attached hydrogens (tertiary/aromatic N) is 3. The SMILES string of the molecule is COc1ccc(-c2noc(C3=C(C)N(CCC(C)C)C(=O)NC3c3ccc(F)cc3)n2)cc1OC. The monoisotopic (exact) mass is 480 g/mol. The molecule has 4 rings (SSSR count). The standard InChI is InChI=1S/C26H29FN4O4/c1-15(2)12-13-31-16(3)22(23(28-26(31)32)17-6-9-19(27)10-7-17)25-29-24(30-35-25)18-8-11-20(33-4)21(14-18)34-5/h6-11,14-15,23H,12-13H2,1-5H3,(H,28,32). The van der Waals surface area contributed by atoms with E-state index >= 15 is 0 Å². The Balaban J connectivity index is 1.78. The highest BCUT2D eigenvalue weighted by atomic mass is 19.1. The summed E-state index contributed by atoms with van der Waals surface area (Å²) in [6.07, 6.45) is 0.833. The first kappa shape index (κ1) is 24.3. The van der Waals surface area contributed by atoms with Crippen molar-refractivity contribution in [2.75, 3.05) is 20.8 Å². The molecule has 0 fully saturated rings. The van der Waals surface area contributed by atoms with Gasteiger partial charge in [-0.2, -0.15) is 4.98 Å². The number of ether oxygens (including phenoxy) is 2. The Morgan fingerprint density at radius 1 is 1.11 bits per heavy atom. The van der Waals surface area contributed by atoms with Gasteiger partial charge in [0.25, 0.3) is 5.89 Å². The summed E-state index contributed by atoms with van der Waals surface area (Å²) in [5.41, 5.74) is 2.78. The maximum absolute atomic E-state index is 13.6. The summed E-state index contributed by atoms with van der Waals surface area (Å²) in [5, 5.41) is 7.21. The van der Waals surface area contributed by atoms with Crippen LogP contribution in [0.2, 0.25) is 0 Å². The van der Waals surface area contributed by atoms with Gasteiger partial charge in [0.1, 0.15) is 5.82 Å². The van der Waals surface area contributed by atoms with Crippen LogP contribution < -0.4 is 14.8 Å². The van der Waals surface area contributed by atoms with Crippen LogP contribution in [0.1, 0.15) is 44.7 Å². The van der Waals surface area contributed by atoms with Gasteiger partial charge in [0.05, 0.1) is 25.8 Å². The molecule has 0 aliphatic carbocycles. The van der Waals surface area contributed by atoms with Crippen LogP contribution in [0, 0.1) is 11.7 Å². The van der Waals surface area contributed by atoms with Crippen molar-refractivity contribution in [1.29, 1.82) is 0 Å². The number of halogens is 1. The quantitative estimate of drug-likeness (QED) is 0.462. The molecule has 1 N–H and O–H groups in total. The molecule has 184 valence electrons. The minimum atomic E-state index is -0.572. The van der Waals surface area contributed by atoms with Gasteiger partial charge in [-0.15, -0.1) is 0 Å². The number of nitrogens with one attached hydrogen (secondary N) is 1. The van der Waals surface area contributed by atoms with Gasteiger partial charge < -0.3 is 19.3 Å². The Morgan fingerprint density at radius 2 is 1.83 bits per heavy atom. The predicted octanol–water partition coefficient (Wildman–Crippen LogP) is 5.44. The van der Waals surface area contributed by atoms with Gasteiger partial charge >= 0.3 is 6.03 Å². The minimum Gasteiger partial charge on any atom is -0.493 e. The first-order valence-electron chi connectivity index (χ1n) is 11.4. The third-order valence-corrected chi connectivity index (χ3v) is 6.03. The van der Waals surface area contributed by atoms with Crippen LogP contribution in [0.3, 0.4) is 0 Å². The van der Waals surface area contributed by atoms with Gasteiger partial charge in [0.15, 0.2) is 11.5 Å². The Hall–Kier alpha value is -3.88. The lowest BCUT2D eigenvalue weighted by atomic mass is 9.94. The number of carbonyl (C=O) groups excluding carboxylic acids is 1. The van der Waals surface area contributed by atoms with Crippen LogP contribution in [0.4, 0.5) is 9.18 Å². The van der Waals surface area contributed by atoms with Crippen molar-refractivity contribution in [2.24, 2.45) is 5.92 Å². The van der Waals surface area contributed by atoms with E-state index in [-0.39, 0.29) is 17.7 Å². The first-order valence-corrected chi connectivity index (χ1v) is 11.4. The highest BCUT2D eigenvalue weighted by molar-refractivity contribution is 5.86. The van der Waals surface area contributed by atoms with Crippen LogP contribution >= 0.6 is 0 Å². The van der Waals surface area contributed by atoms with Crippen LogP contribution in [0.5, 0.6) is 11.5 Å². The summed E-state index contributed by atoms with van der Waals surface area (Å²) in [5.74, 6) is 1.84. The third kappa shape index (κ3) is 4.99. The highest BCUT2D eigenvalue weighted by Gasteiger charge is 2.35. The van der Waals surface area contributed by atoms with Gasteiger partial charge in [0.2, 0.25) is 5.82 Å². The number of urea groups is 1. The van der Waals surface area contributed by atoms with E-state index < -0.39 is 6.04 Å². The molecule has 1 atom stereocenters. The molecule has 0 saturated carbocycles. The van der Waals surface area contributed by atoms with Crippen molar-refractivity contribution in [3.05, 3.63) is 65.4 Å². The molecule has 2 amide bonds. The molecule has 8 nitrogen and oxygen atoms in total. The maximum Gasteiger partial charge on any atom is 0.322 e. The molecule has 35 heavy (non-hydrogen) atoms. The zero-order chi connectivity index (χ0) is 25.1. The van der Waals surface area contributed by atoms with Crippen molar-refractivity contribution >= 4 is 11.6 Å². The number of amides is 2. The number of carbonyl (C=O) groups is 1. The second kappa shape index (κ2) is 10.2. The van der Waals surface area contributed by atoms with E-state index in [0.29, 0.717) is 52.2 Å². The second-order valence-electron chi connectivity index (χ2n) is 8.76. The van der Waals surface area contributed by atoms with Gasteiger partial charge in [-0.05, 0) is 55.2 Å². The minimum absolute atomic E-state index is 0.221. The molecule has 2 heterocycles. The van der Waals surface area contributed by atoms with Gasteiger partial charge in [-0.1, -0.05) is 31.1 Å². The fourth-order valence-electron chi connectivity index (χ4n) is 4.05. The molecule has 1 aliphatic rings. The second-order valence-corrected chi connectivity index (χ2v) is 8.76. The van der Waals surface area contributed by atoms with Crippen molar-refractivity contribution in [2.45, 2.75) is 33.2 Å². The lowest BCUT2D eigenvalue weighted by Crippen LogP contribution is -2.46. The van der Waals surface area contributed by atoms with Crippen LogP contribution in [0.25, 0.3) is 17.0 Å². The Labute approximate surface area is 203 Å². The average molecular weight is 481 g/mol. The zero-order valence-corrected chi connectivity index (χ0v) is 20.5. The number of hydrogen-bond donors (Lipinski definition) is 1. The van der Waals surface area contributed by atoms with Crippen LogP contribution in [-0.4, -0.2) is 41.8 Å². The van der Waals surface area contributed by atoms with E-state index in [1.54, 1.807) is 43.4 Å². The smallest absolute Gasteiger partial charge is 0.322 e. The molecule has 1 unspecified atom stereocenters. The Morgan fingerprint density at radius 3 is 2.49 bits per heavy atom. The molecule has 0 radical (unpaired) electrons. The fourth-order valence-corrected chi connectivity index (χ4v) is 4.05. The molecule has 0 spiro atoms. The topological polar surface area (TPSA) is 89.7 Å². The van der Waals surface area contributed by atoms with Crippen molar-refractivity contribution in [1.82, 2.24) is 20.4 Å². The van der Waals surface area contributed by atoms with Gasteiger partial charge in [-0.25, -0.2) is 9.18 Å². The van der Waals surface area contributed by atoms with E-state index in [1.165, 1.54) is 12.1 Å². The summed E-state index contributed by atoms with van der Waals surface area (Å²) in [7, 11) is 3.12. The predicted molar refractivity (Wildman–Crippen MR) is 129 cm³/mol. The molecule has 1 aliphatic heterocycles. The third-order valence-electron chi connectivity index (χ3n) is 6.03. The lowest BCUT2D eigenvalue weighted by molar-refractivity contribution is 0.202. The number of methoxy groups -OCH3 is 2. The molecular formula is C26H29FN4O4. The number of benzene rings is 2. The molecule has 2 aromatic carbocycles. The fraction of sp³-hybridized carbons (Fsp3) is 0.346. The van der Waals surface area contributed by atoms with E-state index in [4.69, 9.17) is 14.0 Å². The number of rotatable bonds is 8. The number of aromatic nitrogens is 2. The summed E-state index contributed by atoms with van der Waals surface area (Å²) in [6.45, 7) is 6.63. The normalized spacial score (nSPS) is 16.0. The molecule has 0 saturated heterocycles. The van der Waals surface area contributed by atoms with Crippen molar-refractivity contribution < 1.29 is 23.2 Å². The summed E-state index contributed by atoms with van der Waals surface area (Å²) in [4.78, 5) is 19.4. The molecule has 3 aromatic rings. The molecule has 9 heteroatoms. The van der Waals surface area contributed by atoms with E-state index in [0.717, 1.165) is 6.42 Å². The van der Waals surface area contributed by atoms with Crippen LogP contribution in [-0.2, 0) is 0 Å².